The molecule has 0 fully saturated rings. The lowest BCUT2D eigenvalue weighted by Gasteiger charge is -2.38. The fraction of sp³-hybridized carbons (Fsp3) is 0.562. The number of carboxylic acids is 1. The summed E-state index contributed by atoms with van der Waals surface area (Å²) in [5.74, 6) is -0.965. The standard InChI is InChI=1S/C16H26O4Si/c1-16(2,3)21(4,5)20-14(15(17)18)12-19-11-13-9-7-6-8-10-13/h6-10,14H,11-12H2,1-5H3,(H,17,18)/t14-/m0/s1. The van der Waals surface area contributed by atoms with Gasteiger partial charge in [0.25, 0.3) is 0 Å². The molecule has 0 saturated carbocycles. The van der Waals surface area contributed by atoms with Crippen molar-refractivity contribution in [1.82, 2.24) is 0 Å². The molecule has 0 spiro atoms. The Balaban J connectivity index is 2.57. The third-order valence-corrected chi connectivity index (χ3v) is 8.39. The zero-order valence-corrected chi connectivity index (χ0v) is 14.6. The Kier molecular flexibility index (Phi) is 6.13. The fourth-order valence-electron chi connectivity index (χ4n) is 1.55. The number of benzene rings is 1. The summed E-state index contributed by atoms with van der Waals surface area (Å²) in [6.45, 7) is 10.8. The molecule has 0 amide bonds. The predicted octanol–water partition coefficient (Wildman–Crippen LogP) is 3.68. The van der Waals surface area contributed by atoms with E-state index in [-0.39, 0.29) is 11.6 Å². The summed E-state index contributed by atoms with van der Waals surface area (Å²) in [7, 11) is -2.12. The van der Waals surface area contributed by atoms with Gasteiger partial charge in [0.2, 0.25) is 0 Å². The van der Waals surface area contributed by atoms with Crippen molar-refractivity contribution in [3.63, 3.8) is 0 Å². The lowest BCUT2D eigenvalue weighted by Crippen LogP contribution is -2.47. The van der Waals surface area contributed by atoms with E-state index in [1.54, 1.807) is 0 Å². The van der Waals surface area contributed by atoms with Crippen molar-refractivity contribution >= 4 is 14.3 Å². The number of aliphatic carboxylic acids is 1. The topological polar surface area (TPSA) is 55.8 Å². The van der Waals surface area contributed by atoms with Crippen LogP contribution in [-0.4, -0.2) is 32.1 Å². The number of hydrogen-bond donors (Lipinski definition) is 1. The van der Waals surface area contributed by atoms with Gasteiger partial charge in [-0.15, -0.1) is 0 Å². The van der Waals surface area contributed by atoms with E-state index in [1.807, 2.05) is 43.4 Å². The van der Waals surface area contributed by atoms with Gasteiger partial charge in [-0.25, -0.2) is 4.79 Å². The summed E-state index contributed by atoms with van der Waals surface area (Å²) >= 11 is 0. The minimum absolute atomic E-state index is 0.0276. The number of ether oxygens (including phenoxy) is 1. The number of rotatable bonds is 7. The largest absolute Gasteiger partial charge is 0.479 e. The lowest BCUT2D eigenvalue weighted by molar-refractivity contribution is -0.149. The Hall–Kier alpha value is -1.17. The molecule has 0 radical (unpaired) electrons. The van der Waals surface area contributed by atoms with Crippen molar-refractivity contribution in [1.29, 1.82) is 0 Å². The summed E-state index contributed by atoms with van der Waals surface area (Å²) in [5.41, 5.74) is 1.02. The van der Waals surface area contributed by atoms with Crippen molar-refractivity contribution < 1.29 is 19.1 Å². The molecule has 1 atom stereocenters. The number of hydrogen-bond acceptors (Lipinski definition) is 3. The molecule has 0 unspecified atom stereocenters. The van der Waals surface area contributed by atoms with Crippen molar-refractivity contribution in [2.75, 3.05) is 6.61 Å². The van der Waals surface area contributed by atoms with E-state index < -0.39 is 20.4 Å². The van der Waals surface area contributed by atoms with Crippen LogP contribution in [0.25, 0.3) is 0 Å². The monoisotopic (exact) mass is 310 g/mol. The van der Waals surface area contributed by atoms with Gasteiger partial charge in [-0.2, -0.15) is 0 Å². The molecular weight excluding hydrogens is 284 g/mol. The second-order valence-electron chi connectivity index (χ2n) is 6.71. The highest BCUT2D eigenvalue weighted by molar-refractivity contribution is 6.74. The smallest absolute Gasteiger partial charge is 0.334 e. The maximum Gasteiger partial charge on any atom is 0.334 e. The predicted molar refractivity (Wildman–Crippen MR) is 85.8 cm³/mol. The Morgan fingerprint density at radius 3 is 2.29 bits per heavy atom. The molecule has 5 heteroatoms. The minimum atomic E-state index is -2.12. The van der Waals surface area contributed by atoms with Crippen LogP contribution in [0, 0.1) is 0 Å². The molecule has 1 aromatic carbocycles. The number of carbonyl (C=O) groups is 1. The summed E-state index contributed by atoms with van der Waals surface area (Å²) in [4.78, 5) is 11.4. The summed E-state index contributed by atoms with van der Waals surface area (Å²) in [6.07, 6.45) is -0.908. The molecule has 0 aliphatic heterocycles. The molecule has 1 N–H and O–H groups in total. The highest BCUT2D eigenvalue weighted by Crippen LogP contribution is 2.37. The van der Waals surface area contributed by atoms with Gasteiger partial charge in [0.15, 0.2) is 14.4 Å². The van der Waals surface area contributed by atoms with E-state index in [9.17, 15) is 9.90 Å². The van der Waals surface area contributed by atoms with E-state index in [2.05, 4.69) is 20.8 Å². The first-order chi connectivity index (χ1) is 9.63. The van der Waals surface area contributed by atoms with Crippen LogP contribution in [0.3, 0.4) is 0 Å². The van der Waals surface area contributed by atoms with Crippen molar-refractivity contribution in [3.8, 4) is 0 Å². The summed E-state index contributed by atoms with van der Waals surface area (Å²) in [6, 6.07) is 9.69. The van der Waals surface area contributed by atoms with Crippen molar-refractivity contribution in [2.24, 2.45) is 0 Å². The zero-order chi connectivity index (χ0) is 16.1. The quantitative estimate of drug-likeness (QED) is 0.781. The van der Waals surface area contributed by atoms with Crippen LogP contribution in [0.15, 0.2) is 30.3 Å². The first-order valence-corrected chi connectivity index (χ1v) is 10.1. The van der Waals surface area contributed by atoms with E-state index in [4.69, 9.17) is 9.16 Å². The van der Waals surface area contributed by atoms with Gasteiger partial charge in [-0.3, -0.25) is 0 Å². The molecule has 0 saturated heterocycles. The van der Waals surface area contributed by atoms with E-state index in [1.165, 1.54) is 0 Å². The lowest BCUT2D eigenvalue weighted by atomic mass is 10.2. The normalized spacial score (nSPS) is 14.0. The van der Waals surface area contributed by atoms with E-state index >= 15 is 0 Å². The fourth-order valence-corrected chi connectivity index (χ4v) is 2.78. The molecule has 1 rings (SSSR count). The van der Waals surface area contributed by atoms with Crippen LogP contribution in [0.5, 0.6) is 0 Å². The Labute approximate surface area is 128 Å². The first kappa shape index (κ1) is 17.9. The van der Waals surface area contributed by atoms with Crippen LogP contribution >= 0.6 is 0 Å². The summed E-state index contributed by atoms with van der Waals surface area (Å²) in [5, 5.41) is 9.29. The Bertz CT molecular complexity index is 451. The first-order valence-electron chi connectivity index (χ1n) is 7.16. The third-order valence-electron chi connectivity index (χ3n) is 3.90. The van der Waals surface area contributed by atoms with Gasteiger partial charge >= 0.3 is 5.97 Å². The molecule has 0 heterocycles. The third kappa shape index (κ3) is 5.61. The van der Waals surface area contributed by atoms with Crippen LogP contribution in [0.4, 0.5) is 0 Å². The Morgan fingerprint density at radius 2 is 1.81 bits per heavy atom. The van der Waals surface area contributed by atoms with E-state index in [0.717, 1.165) is 5.56 Å². The van der Waals surface area contributed by atoms with E-state index in [0.29, 0.717) is 6.61 Å². The minimum Gasteiger partial charge on any atom is -0.479 e. The SMILES string of the molecule is CC(C)(C)[Si](C)(C)O[C@@H](COCc1ccccc1)C(=O)O. The molecule has 0 aromatic heterocycles. The molecule has 0 bridgehead atoms. The molecule has 0 aliphatic rings. The second-order valence-corrected chi connectivity index (χ2v) is 11.5. The van der Waals surface area contributed by atoms with Crippen LogP contribution in [0.2, 0.25) is 18.1 Å². The van der Waals surface area contributed by atoms with Gasteiger partial charge in [0, 0.05) is 0 Å². The van der Waals surface area contributed by atoms with Gasteiger partial charge in [-0.05, 0) is 23.7 Å². The molecule has 1 aromatic rings. The van der Waals surface area contributed by atoms with Crippen LogP contribution in [0.1, 0.15) is 26.3 Å². The zero-order valence-electron chi connectivity index (χ0n) is 13.6. The van der Waals surface area contributed by atoms with Gasteiger partial charge in [0.1, 0.15) is 0 Å². The highest BCUT2D eigenvalue weighted by Gasteiger charge is 2.40. The Morgan fingerprint density at radius 1 is 1.24 bits per heavy atom. The molecule has 118 valence electrons. The molecule has 0 aliphatic carbocycles. The maximum absolute atomic E-state index is 11.4. The number of carboxylic acid groups (broad SMARTS) is 1. The van der Waals surface area contributed by atoms with Gasteiger partial charge in [0.05, 0.1) is 13.2 Å². The molecule has 4 nitrogen and oxygen atoms in total. The van der Waals surface area contributed by atoms with Crippen molar-refractivity contribution in [3.05, 3.63) is 35.9 Å². The molecule has 21 heavy (non-hydrogen) atoms. The summed E-state index contributed by atoms with van der Waals surface area (Å²) < 4.78 is 11.4. The highest BCUT2D eigenvalue weighted by atomic mass is 28.4. The second kappa shape index (κ2) is 7.20. The average molecular weight is 310 g/mol. The van der Waals surface area contributed by atoms with Gasteiger partial charge in [-0.1, -0.05) is 51.1 Å². The van der Waals surface area contributed by atoms with Crippen LogP contribution < -0.4 is 0 Å². The molecular formula is C16H26O4Si. The van der Waals surface area contributed by atoms with Gasteiger partial charge < -0.3 is 14.3 Å². The van der Waals surface area contributed by atoms with Crippen molar-refractivity contribution in [2.45, 2.75) is 51.6 Å². The average Bonchev–Trinajstić information content (AvgIpc) is 2.37. The van der Waals surface area contributed by atoms with Crippen LogP contribution in [-0.2, 0) is 20.6 Å². The maximum atomic E-state index is 11.4.